The van der Waals surface area contributed by atoms with E-state index in [2.05, 4.69) is 19.7 Å². The van der Waals surface area contributed by atoms with Gasteiger partial charge in [0.05, 0.1) is 5.69 Å². The maximum absolute atomic E-state index is 12.1. The van der Waals surface area contributed by atoms with Crippen molar-refractivity contribution in [2.75, 3.05) is 4.72 Å². The Morgan fingerprint density at radius 2 is 1.89 bits per heavy atom. The molecule has 0 aliphatic heterocycles. The van der Waals surface area contributed by atoms with Crippen LogP contribution in [0.5, 0.6) is 0 Å². The largest absolute Gasteiger partial charge is 0.275 e. The third kappa shape index (κ3) is 3.33. The fourth-order valence-corrected chi connectivity index (χ4v) is 4.26. The molecule has 19 heavy (non-hydrogen) atoms. The Balaban J connectivity index is 2.39. The van der Waals surface area contributed by atoms with Gasteiger partial charge in [-0.05, 0) is 19.9 Å². The molecule has 0 saturated carbocycles. The van der Waals surface area contributed by atoms with Crippen LogP contribution in [0.4, 0.5) is 5.95 Å². The topological polar surface area (TPSA) is 84.8 Å². The quantitative estimate of drug-likeness (QED) is 0.869. The fourth-order valence-electron chi connectivity index (χ4n) is 1.34. The normalized spacial score (nSPS) is 11.6. The van der Waals surface area contributed by atoms with Gasteiger partial charge in [0.15, 0.2) is 8.68 Å². The second-order valence-electron chi connectivity index (χ2n) is 3.60. The number of nitrogens with one attached hydrogen (secondary N) is 1. The Bertz CT molecular complexity index is 710. The number of nitrogens with zero attached hydrogens (tertiary/aromatic N) is 3. The standard InChI is InChI=1S/C9H8Cl2N4O2S2/c1-4-3-6(10)14-9(12-4)15-19(16,17)7-5(2)13-8(11)18-7/h3H,1-2H3,(H,12,14,15). The van der Waals surface area contributed by atoms with Crippen molar-refractivity contribution >= 4 is 50.5 Å². The summed E-state index contributed by atoms with van der Waals surface area (Å²) < 4.78 is 26.7. The van der Waals surface area contributed by atoms with Crippen LogP contribution >= 0.6 is 34.5 Å². The zero-order valence-corrected chi connectivity index (χ0v) is 13.0. The fraction of sp³-hybridized carbons (Fsp3) is 0.222. The first-order valence-electron chi connectivity index (χ1n) is 4.95. The highest BCUT2D eigenvalue weighted by atomic mass is 35.5. The van der Waals surface area contributed by atoms with Gasteiger partial charge in [0.1, 0.15) is 5.15 Å². The lowest BCUT2D eigenvalue weighted by Crippen LogP contribution is -2.15. The molecule has 0 unspecified atom stereocenters. The number of aryl methyl sites for hydroxylation is 2. The van der Waals surface area contributed by atoms with Crippen molar-refractivity contribution in [3.63, 3.8) is 0 Å². The number of hydrogen-bond donors (Lipinski definition) is 1. The SMILES string of the molecule is Cc1cc(Cl)nc(NS(=O)(=O)c2sc(Cl)nc2C)n1. The molecule has 0 radical (unpaired) electrons. The number of halogens is 2. The average Bonchev–Trinajstić information content (AvgIpc) is 2.56. The monoisotopic (exact) mass is 338 g/mol. The molecule has 0 fully saturated rings. The molecule has 6 nitrogen and oxygen atoms in total. The van der Waals surface area contributed by atoms with E-state index in [1.807, 2.05) is 0 Å². The molecule has 0 aliphatic rings. The van der Waals surface area contributed by atoms with Crippen molar-refractivity contribution in [1.29, 1.82) is 0 Å². The van der Waals surface area contributed by atoms with Gasteiger partial charge in [-0.25, -0.2) is 28.1 Å². The summed E-state index contributed by atoms with van der Waals surface area (Å²) in [5.41, 5.74) is 0.873. The molecule has 2 rings (SSSR count). The van der Waals surface area contributed by atoms with E-state index in [-0.39, 0.29) is 19.8 Å². The highest BCUT2D eigenvalue weighted by molar-refractivity contribution is 7.94. The molecule has 2 aromatic heterocycles. The van der Waals surface area contributed by atoms with Crippen LogP contribution in [0.1, 0.15) is 11.4 Å². The van der Waals surface area contributed by atoms with Crippen LogP contribution in [0, 0.1) is 13.8 Å². The van der Waals surface area contributed by atoms with Gasteiger partial charge in [-0.3, -0.25) is 0 Å². The summed E-state index contributed by atoms with van der Waals surface area (Å²) in [6.45, 7) is 3.24. The second kappa shape index (κ2) is 5.20. The van der Waals surface area contributed by atoms with E-state index in [1.54, 1.807) is 13.8 Å². The van der Waals surface area contributed by atoms with Gasteiger partial charge in [0.25, 0.3) is 10.0 Å². The highest BCUT2D eigenvalue weighted by Crippen LogP contribution is 2.28. The zero-order chi connectivity index (χ0) is 14.2. The summed E-state index contributed by atoms with van der Waals surface area (Å²) in [4.78, 5) is 11.6. The summed E-state index contributed by atoms with van der Waals surface area (Å²) in [5, 5.41) is 0.157. The van der Waals surface area contributed by atoms with E-state index < -0.39 is 10.0 Å². The van der Waals surface area contributed by atoms with Crippen LogP contribution in [-0.2, 0) is 10.0 Å². The number of anilines is 1. The highest BCUT2D eigenvalue weighted by Gasteiger charge is 2.22. The van der Waals surface area contributed by atoms with Crippen molar-refractivity contribution in [2.24, 2.45) is 0 Å². The first-order chi connectivity index (χ1) is 8.78. The number of sulfonamides is 1. The van der Waals surface area contributed by atoms with Gasteiger partial charge in [0.2, 0.25) is 5.95 Å². The number of rotatable bonds is 3. The van der Waals surface area contributed by atoms with E-state index in [9.17, 15) is 8.42 Å². The van der Waals surface area contributed by atoms with Crippen LogP contribution in [0.25, 0.3) is 0 Å². The van der Waals surface area contributed by atoms with E-state index >= 15 is 0 Å². The summed E-state index contributed by atoms with van der Waals surface area (Å²) in [5.74, 6) is -0.0890. The molecule has 2 aromatic rings. The third-order valence-electron chi connectivity index (χ3n) is 2.02. The van der Waals surface area contributed by atoms with Crippen molar-refractivity contribution in [2.45, 2.75) is 18.1 Å². The molecule has 102 valence electrons. The molecule has 2 heterocycles. The lowest BCUT2D eigenvalue weighted by molar-refractivity contribution is 0.602. The Kier molecular flexibility index (Phi) is 3.95. The zero-order valence-electron chi connectivity index (χ0n) is 9.81. The number of hydrogen-bond acceptors (Lipinski definition) is 6. The molecule has 0 amide bonds. The van der Waals surface area contributed by atoms with Crippen molar-refractivity contribution < 1.29 is 8.42 Å². The Morgan fingerprint density at radius 3 is 2.42 bits per heavy atom. The smallest absolute Gasteiger partial charge is 0.246 e. The van der Waals surface area contributed by atoms with Crippen molar-refractivity contribution in [1.82, 2.24) is 15.0 Å². The number of thiazole rings is 1. The Labute approximate surface area is 123 Å². The van der Waals surface area contributed by atoms with Gasteiger partial charge in [-0.1, -0.05) is 34.5 Å². The second-order valence-corrected chi connectivity index (χ2v) is 7.45. The molecule has 0 aliphatic carbocycles. The first-order valence-corrected chi connectivity index (χ1v) is 8.00. The molecule has 10 heteroatoms. The van der Waals surface area contributed by atoms with E-state index in [0.29, 0.717) is 11.4 Å². The van der Waals surface area contributed by atoms with E-state index in [0.717, 1.165) is 11.3 Å². The van der Waals surface area contributed by atoms with Crippen LogP contribution in [0.3, 0.4) is 0 Å². The molecule has 0 aromatic carbocycles. The van der Waals surface area contributed by atoms with Crippen LogP contribution < -0.4 is 4.72 Å². The van der Waals surface area contributed by atoms with Gasteiger partial charge in [-0.2, -0.15) is 0 Å². The van der Waals surface area contributed by atoms with Gasteiger partial charge < -0.3 is 0 Å². The van der Waals surface area contributed by atoms with Crippen LogP contribution in [0.2, 0.25) is 9.62 Å². The van der Waals surface area contributed by atoms with Crippen LogP contribution in [-0.4, -0.2) is 23.4 Å². The molecule has 0 spiro atoms. The minimum Gasteiger partial charge on any atom is -0.246 e. The lowest BCUT2D eigenvalue weighted by atomic mass is 10.5. The van der Waals surface area contributed by atoms with Crippen molar-refractivity contribution in [3.05, 3.63) is 27.1 Å². The molecule has 0 bridgehead atoms. The summed E-state index contributed by atoms with van der Waals surface area (Å²) in [6, 6.07) is 1.52. The lowest BCUT2D eigenvalue weighted by Gasteiger charge is -2.06. The van der Waals surface area contributed by atoms with E-state index in [1.165, 1.54) is 6.07 Å². The first kappa shape index (κ1) is 14.4. The van der Waals surface area contributed by atoms with Crippen molar-refractivity contribution in [3.8, 4) is 0 Å². The molecule has 0 saturated heterocycles. The predicted molar refractivity (Wildman–Crippen MR) is 74.4 cm³/mol. The summed E-state index contributed by atoms with van der Waals surface area (Å²) in [6.07, 6.45) is 0. The maximum Gasteiger partial charge on any atom is 0.275 e. The van der Waals surface area contributed by atoms with Gasteiger partial charge in [0, 0.05) is 5.69 Å². The maximum atomic E-state index is 12.1. The molecular weight excluding hydrogens is 331 g/mol. The van der Waals surface area contributed by atoms with Gasteiger partial charge >= 0.3 is 0 Å². The average molecular weight is 339 g/mol. The minimum atomic E-state index is -3.82. The minimum absolute atomic E-state index is 0.0266. The Hall–Kier alpha value is -0.960. The predicted octanol–water partition coefficient (Wildman–Crippen LogP) is 2.66. The number of aromatic nitrogens is 3. The molecular formula is C9H8Cl2N4O2S2. The molecule has 0 atom stereocenters. The third-order valence-corrected chi connectivity index (χ3v) is 5.41. The Morgan fingerprint density at radius 1 is 1.21 bits per heavy atom. The van der Waals surface area contributed by atoms with E-state index in [4.69, 9.17) is 23.2 Å². The van der Waals surface area contributed by atoms with Crippen LogP contribution in [0.15, 0.2) is 10.3 Å². The summed E-state index contributed by atoms with van der Waals surface area (Å²) in [7, 11) is -3.82. The summed E-state index contributed by atoms with van der Waals surface area (Å²) >= 11 is 12.3. The molecule has 1 N–H and O–H groups in total. The van der Waals surface area contributed by atoms with Gasteiger partial charge in [-0.15, -0.1) is 0 Å².